The Kier molecular flexibility index (Phi) is 7.94. The summed E-state index contributed by atoms with van der Waals surface area (Å²) in [4.78, 5) is 40.3. The van der Waals surface area contributed by atoms with Crippen molar-refractivity contribution in [3.8, 4) is 16.9 Å². The summed E-state index contributed by atoms with van der Waals surface area (Å²) >= 11 is 6.28. The van der Waals surface area contributed by atoms with E-state index in [0.717, 1.165) is 19.0 Å². The number of hydrogen-bond acceptors (Lipinski definition) is 7. The molecule has 4 aromatic rings. The molecule has 7 rings (SSSR count). The average molecular weight is 670 g/mol. The molecule has 2 atom stereocenters. The van der Waals surface area contributed by atoms with Crippen LogP contribution in [0.25, 0.3) is 22.2 Å². The minimum atomic E-state index is -1.44. The Labute approximate surface area is 273 Å². The van der Waals surface area contributed by atoms with Crippen molar-refractivity contribution in [2.75, 3.05) is 29.9 Å². The number of fused-ring (bicyclic) bond motifs is 2. The van der Waals surface area contributed by atoms with Crippen LogP contribution in [-0.4, -0.2) is 66.7 Å². The number of phenolic OH excluding ortho intramolecular Hbond substituents is 1. The fourth-order valence-corrected chi connectivity index (χ4v) is 7.18. The molecule has 248 valence electrons. The first-order valence-electron chi connectivity index (χ1n) is 15.9. The zero-order chi connectivity index (χ0) is 33.3. The number of rotatable bonds is 7. The van der Waals surface area contributed by atoms with Crippen LogP contribution >= 0.6 is 11.6 Å². The molecule has 10 nitrogen and oxygen atoms in total. The third-order valence-electron chi connectivity index (χ3n) is 9.82. The number of anilines is 2. The average Bonchev–Trinajstić information content (AvgIpc) is 3.68. The minimum absolute atomic E-state index is 0.0197. The van der Waals surface area contributed by atoms with E-state index in [1.54, 1.807) is 6.07 Å². The summed E-state index contributed by atoms with van der Waals surface area (Å²) in [5.41, 5.74) is -0.418. The fraction of sp³-hybridized carbons (Fsp3) is 0.455. The molecule has 2 N–H and O–H groups in total. The van der Waals surface area contributed by atoms with Crippen molar-refractivity contribution in [3.05, 3.63) is 62.7 Å². The molecule has 3 aromatic heterocycles. The van der Waals surface area contributed by atoms with Gasteiger partial charge in [-0.05, 0) is 57.6 Å². The lowest BCUT2D eigenvalue weighted by molar-refractivity contribution is -0.116. The van der Waals surface area contributed by atoms with E-state index in [2.05, 4.69) is 34.0 Å². The summed E-state index contributed by atoms with van der Waals surface area (Å²) in [6.07, 6.45) is 5.11. The van der Waals surface area contributed by atoms with Crippen LogP contribution in [0.15, 0.2) is 23.1 Å². The number of nitrogens with zero attached hydrogens (tertiary/aromatic N) is 6. The molecule has 1 aromatic carbocycles. The summed E-state index contributed by atoms with van der Waals surface area (Å²) < 4.78 is 47.8. The number of carbonyl (C=O) groups excluding carboxylic acids is 1. The molecule has 0 radical (unpaired) electrons. The predicted octanol–water partition coefficient (Wildman–Crippen LogP) is 5.24. The number of pyridine rings is 1. The van der Waals surface area contributed by atoms with Crippen LogP contribution in [0.5, 0.6) is 5.75 Å². The standard InChI is InChI=1S/C33H35ClF3N7O3/c1-16-11-20(28(35)29(36)30(16)46)21-14-42(32-26(21)33(47)44-8-4-5-23(44)40-32)15-25(45)38-22-12-24(39-31(37)27(22)34)43-10-9-41(13-17(43)2)18(3)19-6-7-19/h11-12,14,17-19,46H,4-10,13,15H2,1-3H3,(H,38,39,45)/t17-,18+/m0/s1. The van der Waals surface area contributed by atoms with Gasteiger partial charge in [0.2, 0.25) is 17.7 Å². The number of benzene rings is 1. The molecule has 0 unspecified atom stereocenters. The van der Waals surface area contributed by atoms with Crippen LogP contribution in [0.4, 0.5) is 24.7 Å². The molecule has 14 heteroatoms. The lowest BCUT2D eigenvalue weighted by Gasteiger charge is -2.43. The van der Waals surface area contributed by atoms with E-state index in [0.29, 0.717) is 43.6 Å². The molecular formula is C33H35ClF3N7O3. The SMILES string of the molecule is Cc1cc(-c2cn(CC(=O)Nc3cc(N4CCN([C@H](C)C5CC5)C[C@@H]4C)nc(F)c3Cl)c3nc4n(c(=O)c23)CCC4)c(F)c(F)c1O. The van der Waals surface area contributed by atoms with Gasteiger partial charge in [0.05, 0.1) is 11.1 Å². The van der Waals surface area contributed by atoms with Gasteiger partial charge in [0.25, 0.3) is 5.56 Å². The van der Waals surface area contributed by atoms with Crippen molar-refractivity contribution < 1.29 is 23.1 Å². The molecule has 47 heavy (non-hydrogen) atoms. The molecule has 0 bridgehead atoms. The number of halogens is 4. The van der Waals surface area contributed by atoms with E-state index < -0.39 is 41.3 Å². The molecule has 3 aliphatic rings. The Morgan fingerprint density at radius 3 is 2.62 bits per heavy atom. The topological polar surface area (TPSA) is 109 Å². The van der Waals surface area contributed by atoms with Crippen molar-refractivity contribution in [2.45, 2.75) is 71.6 Å². The summed E-state index contributed by atoms with van der Waals surface area (Å²) in [5.74, 6) is -3.51. The Bertz CT molecular complexity index is 1990. The molecule has 1 aliphatic carbocycles. The molecule has 0 spiro atoms. The van der Waals surface area contributed by atoms with Crippen molar-refractivity contribution >= 4 is 40.0 Å². The van der Waals surface area contributed by atoms with Gasteiger partial charge in [-0.1, -0.05) is 11.6 Å². The van der Waals surface area contributed by atoms with Gasteiger partial charge in [-0.15, -0.1) is 0 Å². The Morgan fingerprint density at radius 1 is 1.13 bits per heavy atom. The highest BCUT2D eigenvalue weighted by Crippen LogP contribution is 2.38. The quantitative estimate of drug-likeness (QED) is 0.259. The minimum Gasteiger partial charge on any atom is -0.505 e. The second-order valence-electron chi connectivity index (χ2n) is 13.0. The van der Waals surface area contributed by atoms with Gasteiger partial charge in [0, 0.05) is 68.1 Å². The predicted molar refractivity (Wildman–Crippen MR) is 172 cm³/mol. The van der Waals surface area contributed by atoms with Gasteiger partial charge in [0.1, 0.15) is 28.9 Å². The maximum Gasteiger partial charge on any atom is 0.263 e. The van der Waals surface area contributed by atoms with Gasteiger partial charge in [-0.3, -0.25) is 19.1 Å². The van der Waals surface area contributed by atoms with Gasteiger partial charge < -0.3 is 19.9 Å². The van der Waals surface area contributed by atoms with Gasteiger partial charge in [0.15, 0.2) is 11.6 Å². The highest BCUT2D eigenvalue weighted by Gasteiger charge is 2.36. The van der Waals surface area contributed by atoms with Crippen molar-refractivity contribution in [2.24, 2.45) is 5.92 Å². The van der Waals surface area contributed by atoms with Gasteiger partial charge in [-0.2, -0.15) is 8.78 Å². The number of aromatic hydroxyl groups is 1. The first kappa shape index (κ1) is 31.5. The van der Waals surface area contributed by atoms with Crippen LogP contribution < -0.4 is 15.8 Å². The number of hydrogen-bond donors (Lipinski definition) is 2. The molecule has 1 saturated heterocycles. The van der Waals surface area contributed by atoms with Crippen LogP contribution in [-0.2, 0) is 24.3 Å². The molecular weight excluding hydrogens is 635 g/mol. The lowest BCUT2D eigenvalue weighted by atomic mass is 10.0. The Balaban J connectivity index is 1.20. The lowest BCUT2D eigenvalue weighted by Crippen LogP contribution is -2.55. The van der Waals surface area contributed by atoms with Gasteiger partial charge in [-0.25, -0.2) is 14.4 Å². The maximum absolute atomic E-state index is 15.2. The van der Waals surface area contributed by atoms with E-state index in [-0.39, 0.29) is 44.5 Å². The smallest absolute Gasteiger partial charge is 0.263 e. The van der Waals surface area contributed by atoms with Crippen LogP contribution in [0.3, 0.4) is 0 Å². The third-order valence-corrected chi connectivity index (χ3v) is 10.2. The molecule has 1 saturated carbocycles. The second kappa shape index (κ2) is 11.9. The maximum atomic E-state index is 15.2. The molecule has 5 heterocycles. The number of amides is 1. The highest BCUT2D eigenvalue weighted by atomic mass is 35.5. The van der Waals surface area contributed by atoms with Crippen LogP contribution in [0.1, 0.15) is 44.5 Å². The summed E-state index contributed by atoms with van der Waals surface area (Å²) in [6.45, 7) is 8.01. The zero-order valence-corrected chi connectivity index (χ0v) is 27.0. The number of aromatic nitrogens is 4. The zero-order valence-electron chi connectivity index (χ0n) is 26.3. The Morgan fingerprint density at radius 2 is 1.89 bits per heavy atom. The number of nitrogens with one attached hydrogen (secondary N) is 1. The van der Waals surface area contributed by atoms with Crippen molar-refractivity contribution in [1.29, 1.82) is 0 Å². The summed E-state index contributed by atoms with van der Waals surface area (Å²) in [5, 5.41) is 12.3. The van der Waals surface area contributed by atoms with Gasteiger partial charge >= 0.3 is 0 Å². The number of piperazine rings is 1. The number of carbonyl (C=O) groups is 1. The Hall–Kier alpha value is -4.10. The molecule has 2 aliphatic heterocycles. The molecule has 2 fully saturated rings. The molecule has 1 amide bonds. The number of aryl methyl sites for hydroxylation is 2. The van der Waals surface area contributed by atoms with E-state index in [9.17, 15) is 19.1 Å². The third kappa shape index (κ3) is 5.52. The van der Waals surface area contributed by atoms with Crippen LogP contribution in [0.2, 0.25) is 5.02 Å². The largest absolute Gasteiger partial charge is 0.505 e. The first-order valence-corrected chi connectivity index (χ1v) is 16.3. The second-order valence-corrected chi connectivity index (χ2v) is 13.3. The van der Waals surface area contributed by atoms with Crippen LogP contribution in [0, 0.1) is 30.4 Å². The van der Waals surface area contributed by atoms with E-state index in [4.69, 9.17) is 11.6 Å². The summed E-state index contributed by atoms with van der Waals surface area (Å²) in [6, 6.07) is 3.34. The number of phenols is 1. The normalized spacial score (nSPS) is 19.0. The monoisotopic (exact) mass is 669 g/mol. The van der Waals surface area contributed by atoms with E-state index in [1.807, 2.05) is 4.90 Å². The van der Waals surface area contributed by atoms with E-state index >= 15 is 8.78 Å². The fourth-order valence-electron chi connectivity index (χ4n) is 7.03. The van der Waals surface area contributed by atoms with Crippen molar-refractivity contribution in [1.82, 2.24) is 24.0 Å². The highest BCUT2D eigenvalue weighted by molar-refractivity contribution is 6.33. The van der Waals surface area contributed by atoms with Crippen molar-refractivity contribution in [3.63, 3.8) is 0 Å². The van der Waals surface area contributed by atoms with E-state index in [1.165, 1.54) is 41.2 Å². The summed E-state index contributed by atoms with van der Waals surface area (Å²) in [7, 11) is 0. The first-order chi connectivity index (χ1) is 22.4.